The molecule has 0 unspecified atom stereocenters. The molecule has 0 bridgehead atoms. The molecule has 0 aromatic heterocycles. The quantitative estimate of drug-likeness (QED) is 0.154. The number of ketones is 3. The number of likely N-dealkylation sites (N-methyl/N-ethyl adjacent to an activating group) is 3. The Kier molecular flexibility index (Phi) is 12.2. The average molecular weight is 560 g/mol. The second-order valence-electron chi connectivity index (χ2n) is 10.6. The highest BCUT2D eigenvalue weighted by molar-refractivity contribution is 6.30. The molecule has 0 radical (unpaired) electrons. The van der Waals surface area contributed by atoms with E-state index in [1.807, 2.05) is 0 Å². The summed E-state index contributed by atoms with van der Waals surface area (Å²) in [5, 5.41) is 43.5. The molecule has 5 N–H and O–H groups in total. The summed E-state index contributed by atoms with van der Waals surface area (Å²) in [5.41, 5.74) is -8.67. The van der Waals surface area contributed by atoms with Gasteiger partial charge in [0.2, 0.25) is 11.4 Å². The Bertz CT molecular complexity index is 977. The molecular weight excluding hydrogens is 514 g/mol. The van der Waals surface area contributed by atoms with Crippen LogP contribution in [0.5, 0.6) is 0 Å². The highest BCUT2D eigenvalue weighted by Gasteiger charge is 2.69. The molecule has 13 nitrogen and oxygen atoms in total. The van der Waals surface area contributed by atoms with Gasteiger partial charge in [-0.1, -0.05) is 34.1 Å². The third-order valence-electron chi connectivity index (χ3n) is 7.69. The second kappa shape index (κ2) is 13.1. The molecule has 0 saturated carbocycles. The maximum atomic E-state index is 15.1. The summed E-state index contributed by atoms with van der Waals surface area (Å²) >= 11 is 0. The van der Waals surface area contributed by atoms with E-state index < -0.39 is 81.9 Å². The van der Waals surface area contributed by atoms with Gasteiger partial charge in [-0.25, -0.2) is 4.79 Å². The molecule has 0 aliphatic rings. The van der Waals surface area contributed by atoms with E-state index in [-0.39, 0.29) is 6.42 Å². The first kappa shape index (κ1) is 36.3. The summed E-state index contributed by atoms with van der Waals surface area (Å²) in [7, 11) is 3.50. The lowest BCUT2D eigenvalue weighted by Crippen LogP contribution is -2.80. The summed E-state index contributed by atoms with van der Waals surface area (Å²) in [5.74, 6) is -10.5. The van der Waals surface area contributed by atoms with Gasteiger partial charge in [0.25, 0.3) is 11.8 Å². The van der Waals surface area contributed by atoms with Crippen molar-refractivity contribution in [1.29, 1.82) is 0 Å². The Balaban J connectivity index is 8.40. The number of aliphatic hydroxyl groups is 3. The summed E-state index contributed by atoms with van der Waals surface area (Å²) in [4.78, 5) is 83.1. The minimum atomic E-state index is -3.24. The van der Waals surface area contributed by atoms with E-state index in [0.29, 0.717) is 11.8 Å². The van der Waals surface area contributed by atoms with Crippen molar-refractivity contribution < 1.29 is 49.2 Å². The van der Waals surface area contributed by atoms with Crippen molar-refractivity contribution >= 4 is 35.1 Å². The molecule has 0 aromatic rings. The maximum Gasteiger partial charge on any atom is 0.343 e. The second-order valence-corrected chi connectivity index (χ2v) is 10.6. The zero-order chi connectivity index (χ0) is 31.4. The van der Waals surface area contributed by atoms with Crippen LogP contribution in [0.2, 0.25) is 0 Å². The Labute approximate surface area is 229 Å². The minimum absolute atomic E-state index is 0.0805. The number of hydrogen-bond donors (Lipinski definition) is 5. The lowest BCUT2D eigenvalue weighted by molar-refractivity contribution is -0.182. The van der Waals surface area contributed by atoms with Crippen LogP contribution in [0.1, 0.15) is 61.8 Å². The van der Waals surface area contributed by atoms with E-state index in [9.17, 15) is 44.4 Å². The monoisotopic (exact) mass is 559 g/mol. The lowest BCUT2D eigenvalue weighted by Gasteiger charge is -2.53. The largest absolute Gasteiger partial charge is 0.479 e. The highest BCUT2D eigenvalue weighted by atomic mass is 16.4. The molecular formula is C26H45N3O10. The first-order chi connectivity index (χ1) is 17.6. The van der Waals surface area contributed by atoms with Crippen LogP contribution >= 0.6 is 0 Å². The summed E-state index contributed by atoms with van der Waals surface area (Å²) < 4.78 is 0. The fourth-order valence-corrected chi connectivity index (χ4v) is 4.97. The van der Waals surface area contributed by atoms with Crippen molar-refractivity contribution in [3.05, 3.63) is 0 Å². The number of Topliss-reactive ketones (excluding diaryl/α,β-unsaturated/α-hetero) is 3. The van der Waals surface area contributed by atoms with Gasteiger partial charge in [0.05, 0.1) is 6.04 Å². The van der Waals surface area contributed by atoms with E-state index in [1.165, 1.54) is 34.7 Å². The van der Waals surface area contributed by atoms with E-state index in [0.717, 1.165) is 32.8 Å². The van der Waals surface area contributed by atoms with Gasteiger partial charge in [-0.2, -0.15) is 0 Å². The minimum Gasteiger partial charge on any atom is -0.479 e. The number of amides is 2. The number of aliphatic carboxylic acids is 1. The van der Waals surface area contributed by atoms with Gasteiger partial charge < -0.3 is 35.5 Å². The molecule has 0 spiro atoms. The van der Waals surface area contributed by atoms with E-state index in [4.69, 9.17) is 0 Å². The standard InChI is InChI=1S/C26H45N3O10/c1-12-14(4)26(18(32)15(5)27-9,29(11)20(34)17(7)31)22(36)25(13(2)3,28(10)19(33)16(6)30)21(35)24(8,39)23(37)38/h13-17,27,30-31,39H,12H2,1-11H3,(H,37,38)/t14-,15-,16+,17+,24-,25-,26+/m0/s1. The van der Waals surface area contributed by atoms with Crippen LogP contribution in [-0.4, -0.2) is 121 Å². The van der Waals surface area contributed by atoms with Crippen LogP contribution in [0.3, 0.4) is 0 Å². The van der Waals surface area contributed by atoms with Crippen molar-refractivity contribution in [2.75, 3.05) is 21.1 Å². The fourth-order valence-electron chi connectivity index (χ4n) is 4.97. The first-order valence-corrected chi connectivity index (χ1v) is 12.8. The molecule has 0 aliphatic carbocycles. The van der Waals surface area contributed by atoms with Crippen molar-refractivity contribution in [2.24, 2.45) is 11.8 Å². The zero-order valence-corrected chi connectivity index (χ0v) is 24.7. The van der Waals surface area contributed by atoms with Gasteiger partial charge in [-0.15, -0.1) is 0 Å². The van der Waals surface area contributed by atoms with Crippen LogP contribution in [-0.2, 0) is 28.8 Å². The third-order valence-corrected chi connectivity index (χ3v) is 7.69. The predicted molar refractivity (Wildman–Crippen MR) is 140 cm³/mol. The topological polar surface area (TPSA) is 202 Å². The van der Waals surface area contributed by atoms with Gasteiger partial charge in [-0.05, 0) is 46.6 Å². The summed E-state index contributed by atoms with van der Waals surface area (Å²) in [6, 6.07) is -1.11. The molecule has 13 heteroatoms. The number of rotatable bonds is 15. The average Bonchev–Trinajstić information content (AvgIpc) is 2.86. The number of carboxylic acids is 1. The lowest BCUT2D eigenvalue weighted by atomic mass is 9.61. The molecule has 0 fully saturated rings. The van der Waals surface area contributed by atoms with E-state index in [2.05, 4.69) is 5.32 Å². The number of carbonyl (C=O) groups is 6. The number of nitrogens with zero attached hydrogens (tertiary/aromatic N) is 2. The predicted octanol–water partition coefficient (Wildman–Crippen LogP) is -1.00. The molecule has 0 aliphatic heterocycles. The van der Waals surface area contributed by atoms with Crippen molar-refractivity contribution in [2.45, 2.75) is 96.7 Å². The van der Waals surface area contributed by atoms with Crippen LogP contribution in [0.15, 0.2) is 0 Å². The van der Waals surface area contributed by atoms with Crippen molar-refractivity contribution in [3.8, 4) is 0 Å². The smallest absolute Gasteiger partial charge is 0.343 e. The number of carboxylic acid groups (broad SMARTS) is 1. The fraction of sp³-hybridized carbons (Fsp3) is 0.769. The normalized spacial score (nSPS) is 19.4. The first-order valence-electron chi connectivity index (χ1n) is 12.8. The molecule has 0 saturated heterocycles. The molecule has 2 amide bonds. The molecule has 0 heterocycles. The van der Waals surface area contributed by atoms with E-state index in [1.54, 1.807) is 6.92 Å². The number of hydrogen-bond acceptors (Lipinski definition) is 10. The van der Waals surface area contributed by atoms with Gasteiger partial charge in [0.15, 0.2) is 22.6 Å². The Hall–Kier alpha value is -2.74. The molecule has 224 valence electrons. The van der Waals surface area contributed by atoms with Crippen LogP contribution in [0.4, 0.5) is 0 Å². The van der Waals surface area contributed by atoms with Crippen LogP contribution in [0.25, 0.3) is 0 Å². The van der Waals surface area contributed by atoms with Crippen LogP contribution in [0, 0.1) is 11.8 Å². The number of carbonyl (C=O) groups excluding carboxylic acids is 5. The molecule has 0 aromatic carbocycles. The Morgan fingerprint density at radius 3 is 1.46 bits per heavy atom. The highest BCUT2D eigenvalue weighted by Crippen LogP contribution is 2.42. The van der Waals surface area contributed by atoms with Gasteiger partial charge in [0, 0.05) is 14.1 Å². The number of nitrogens with one attached hydrogen (secondary N) is 1. The molecule has 7 atom stereocenters. The summed E-state index contributed by atoms with van der Waals surface area (Å²) in [6.45, 7) is 9.92. The van der Waals surface area contributed by atoms with Crippen LogP contribution < -0.4 is 5.32 Å². The third kappa shape index (κ3) is 5.91. The summed E-state index contributed by atoms with van der Waals surface area (Å²) in [6.07, 6.45) is -3.38. The molecule has 0 rings (SSSR count). The van der Waals surface area contributed by atoms with Gasteiger partial charge in [-0.3, -0.25) is 24.0 Å². The number of aliphatic hydroxyl groups excluding tert-OH is 2. The van der Waals surface area contributed by atoms with Gasteiger partial charge >= 0.3 is 5.97 Å². The zero-order valence-electron chi connectivity index (χ0n) is 24.7. The van der Waals surface area contributed by atoms with E-state index >= 15 is 4.79 Å². The Morgan fingerprint density at radius 1 is 0.795 bits per heavy atom. The molecule has 39 heavy (non-hydrogen) atoms. The maximum absolute atomic E-state index is 15.1. The van der Waals surface area contributed by atoms with Crippen molar-refractivity contribution in [1.82, 2.24) is 15.1 Å². The van der Waals surface area contributed by atoms with Gasteiger partial charge in [0.1, 0.15) is 12.2 Å². The van der Waals surface area contributed by atoms with Crippen molar-refractivity contribution in [3.63, 3.8) is 0 Å². The Morgan fingerprint density at radius 2 is 1.18 bits per heavy atom. The SMILES string of the molecule is CC[C@H](C)[C@@](C(=O)[C@H](C)NC)(C(=O)[C@@](C(=O)[C@](C)(O)C(=O)O)(C(C)C)N(C)C(=O)[C@@H](C)O)N(C)C(=O)[C@@H](C)O.